The summed E-state index contributed by atoms with van der Waals surface area (Å²) in [7, 11) is 3.35. The number of ether oxygens (including phenoxy) is 2. The minimum atomic E-state index is 0.801. The molecule has 0 aromatic heterocycles. The molecular weight excluding hydrogens is 202 g/mol. The van der Waals surface area contributed by atoms with Gasteiger partial charge in [-0.05, 0) is 24.6 Å². The highest BCUT2D eigenvalue weighted by Crippen LogP contribution is 2.30. The Hall–Kier alpha value is -1.51. The number of hydrogen-bond acceptors (Lipinski definition) is 2. The summed E-state index contributed by atoms with van der Waals surface area (Å²) >= 11 is 0. The van der Waals surface area contributed by atoms with Crippen LogP contribution in [0, 0.1) is 0 Å². The average molecular weight is 220 g/mol. The lowest BCUT2D eigenvalue weighted by Gasteiger charge is -2.15. The fourth-order valence-electron chi connectivity index (χ4n) is 2.05. The van der Waals surface area contributed by atoms with Gasteiger partial charge in [-0.3, -0.25) is 0 Å². The third-order valence-electron chi connectivity index (χ3n) is 3.04. The monoisotopic (exact) mass is 220 g/mol. The Morgan fingerprint density at radius 1 is 1.19 bits per heavy atom. The maximum Gasteiger partial charge on any atom is 0.171 e. The Kier molecular flexibility index (Phi) is 3.13. The van der Waals surface area contributed by atoms with E-state index in [2.05, 4.69) is 29.8 Å². The van der Waals surface area contributed by atoms with E-state index < -0.39 is 0 Å². The number of benzene rings is 1. The molecule has 1 aromatic rings. The molecule has 0 unspecified atom stereocenters. The Bertz CT molecular complexity index is 424. The van der Waals surface area contributed by atoms with Crippen molar-refractivity contribution in [1.29, 1.82) is 0 Å². The highest BCUT2D eigenvalue weighted by molar-refractivity contribution is 5.80. The Balaban J connectivity index is 2.46. The summed E-state index contributed by atoms with van der Waals surface area (Å²) in [6.45, 7) is 4.30. The molecule has 0 spiro atoms. The quantitative estimate of drug-likeness (QED) is 0.723. The summed E-state index contributed by atoms with van der Waals surface area (Å²) in [6, 6.07) is 4.13. The van der Waals surface area contributed by atoms with E-state index in [0.717, 1.165) is 31.0 Å². The van der Waals surface area contributed by atoms with E-state index >= 15 is 0 Å². The lowest BCUT2D eigenvalue weighted by Crippen LogP contribution is -2.22. The minimum Gasteiger partial charge on any atom is -0.493 e. The Morgan fingerprint density at radius 2 is 1.88 bits per heavy atom. The van der Waals surface area contributed by atoms with Crippen LogP contribution in [0.15, 0.2) is 12.1 Å². The van der Waals surface area contributed by atoms with Crippen LogP contribution >= 0.6 is 0 Å². The number of fused-ring (bicyclic) bond motifs is 1. The second-order valence-electron chi connectivity index (χ2n) is 3.91. The summed E-state index contributed by atoms with van der Waals surface area (Å²) in [5.74, 6) is 1.62. The summed E-state index contributed by atoms with van der Waals surface area (Å²) in [5.41, 5.74) is 2.58. The van der Waals surface area contributed by atoms with Gasteiger partial charge >= 0.3 is 0 Å². The highest BCUT2D eigenvalue weighted by Gasteiger charge is 2.17. The third kappa shape index (κ3) is 1.90. The van der Waals surface area contributed by atoms with Crippen molar-refractivity contribution in [2.24, 2.45) is 0 Å². The van der Waals surface area contributed by atoms with E-state index in [1.54, 1.807) is 14.2 Å². The molecule has 3 heteroatoms. The van der Waals surface area contributed by atoms with E-state index in [-0.39, 0.29) is 0 Å². The molecule has 0 N–H and O–H groups in total. The van der Waals surface area contributed by atoms with Crippen molar-refractivity contribution in [2.45, 2.75) is 13.3 Å². The van der Waals surface area contributed by atoms with Crippen LogP contribution in [0.25, 0.3) is 0 Å². The fourth-order valence-corrected chi connectivity index (χ4v) is 2.05. The standard InChI is InChI=1S/C13H18NO2/c1-4-14-6-5-10-7-12(15-2)13(16-3)8-11(10)9-14/h7-9H,4-6H2,1-3H3/q+1. The van der Waals surface area contributed by atoms with Crippen molar-refractivity contribution in [2.75, 3.05) is 27.3 Å². The molecule has 1 aliphatic heterocycles. The van der Waals surface area contributed by atoms with Gasteiger partial charge < -0.3 is 9.47 Å². The Labute approximate surface area is 96.3 Å². The third-order valence-corrected chi connectivity index (χ3v) is 3.04. The summed E-state index contributed by atoms with van der Waals surface area (Å²) in [6.07, 6.45) is 3.26. The molecule has 0 fully saturated rings. The van der Waals surface area contributed by atoms with Crippen molar-refractivity contribution >= 4 is 6.21 Å². The van der Waals surface area contributed by atoms with Gasteiger partial charge in [0.15, 0.2) is 17.7 Å². The summed E-state index contributed by atoms with van der Waals surface area (Å²) in [5, 5.41) is 0. The van der Waals surface area contributed by atoms with Gasteiger partial charge in [0.05, 0.1) is 14.2 Å². The minimum absolute atomic E-state index is 0.801. The molecule has 1 heterocycles. The fraction of sp³-hybridized carbons (Fsp3) is 0.462. The normalized spacial score (nSPS) is 14.1. The zero-order valence-corrected chi connectivity index (χ0v) is 10.1. The van der Waals surface area contributed by atoms with Gasteiger partial charge in [-0.25, -0.2) is 4.58 Å². The molecule has 0 radical (unpaired) electrons. The summed E-state index contributed by atoms with van der Waals surface area (Å²) in [4.78, 5) is 0. The molecule has 1 aliphatic rings. The Morgan fingerprint density at radius 3 is 2.50 bits per heavy atom. The maximum atomic E-state index is 5.31. The van der Waals surface area contributed by atoms with E-state index in [9.17, 15) is 0 Å². The zero-order valence-electron chi connectivity index (χ0n) is 10.1. The lowest BCUT2D eigenvalue weighted by molar-refractivity contribution is -0.520. The molecule has 0 amide bonds. The van der Waals surface area contributed by atoms with Crippen LogP contribution in [0.4, 0.5) is 0 Å². The molecule has 1 aromatic carbocycles. The van der Waals surface area contributed by atoms with Gasteiger partial charge in [-0.1, -0.05) is 0 Å². The van der Waals surface area contributed by atoms with E-state index in [1.165, 1.54) is 11.1 Å². The van der Waals surface area contributed by atoms with Crippen LogP contribution in [0.3, 0.4) is 0 Å². The van der Waals surface area contributed by atoms with Crippen LogP contribution < -0.4 is 9.47 Å². The van der Waals surface area contributed by atoms with Gasteiger partial charge in [0.1, 0.15) is 13.1 Å². The summed E-state index contributed by atoms with van der Waals surface area (Å²) < 4.78 is 12.9. The highest BCUT2D eigenvalue weighted by atomic mass is 16.5. The van der Waals surface area contributed by atoms with Crippen LogP contribution in [0.5, 0.6) is 11.5 Å². The zero-order chi connectivity index (χ0) is 11.5. The first-order chi connectivity index (χ1) is 7.78. The maximum absolute atomic E-state index is 5.31. The van der Waals surface area contributed by atoms with Gasteiger partial charge in [-0.2, -0.15) is 0 Å². The van der Waals surface area contributed by atoms with Gasteiger partial charge in [-0.15, -0.1) is 0 Å². The topological polar surface area (TPSA) is 21.5 Å². The number of rotatable bonds is 3. The number of hydrogen-bond donors (Lipinski definition) is 0. The predicted octanol–water partition coefficient (Wildman–Crippen LogP) is 1.71. The van der Waals surface area contributed by atoms with Crippen molar-refractivity contribution < 1.29 is 14.0 Å². The van der Waals surface area contributed by atoms with Gasteiger partial charge in [0, 0.05) is 12.0 Å². The first-order valence-electron chi connectivity index (χ1n) is 5.62. The van der Waals surface area contributed by atoms with E-state index in [4.69, 9.17) is 9.47 Å². The van der Waals surface area contributed by atoms with Crippen molar-refractivity contribution in [3.63, 3.8) is 0 Å². The van der Waals surface area contributed by atoms with Crippen LogP contribution in [-0.4, -0.2) is 38.1 Å². The molecule has 0 aliphatic carbocycles. The second kappa shape index (κ2) is 4.56. The number of likely N-dealkylation sites (N-methyl/N-ethyl adjacent to an activating group) is 1. The number of nitrogens with zero attached hydrogens (tertiary/aromatic N) is 1. The van der Waals surface area contributed by atoms with E-state index in [1.807, 2.05) is 0 Å². The lowest BCUT2D eigenvalue weighted by atomic mass is 10.0. The van der Waals surface area contributed by atoms with Crippen molar-refractivity contribution in [3.8, 4) is 11.5 Å². The van der Waals surface area contributed by atoms with Crippen LogP contribution in [0.2, 0.25) is 0 Å². The van der Waals surface area contributed by atoms with Crippen molar-refractivity contribution in [1.82, 2.24) is 0 Å². The van der Waals surface area contributed by atoms with Crippen LogP contribution in [-0.2, 0) is 6.42 Å². The average Bonchev–Trinajstić information content (AvgIpc) is 2.36. The van der Waals surface area contributed by atoms with E-state index in [0.29, 0.717) is 0 Å². The molecule has 0 bridgehead atoms. The molecule has 16 heavy (non-hydrogen) atoms. The van der Waals surface area contributed by atoms with Crippen LogP contribution in [0.1, 0.15) is 18.1 Å². The smallest absolute Gasteiger partial charge is 0.171 e. The van der Waals surface area contributed by atoms with Crippen molar-refractivity contribution in [3.05, 3.63) is 23.3 Å². The second-order valence-corrected chi connectivity index (χ2v) is 3.91. The number of methoxy groups -OCH3 is 2. The van der Waals surface area contributed by atoms with Gasteiger partial charge in [0.25, 0.3) is 0 Å². The van der Waals surface area contributed by atoms with Gasteiger partial charge in [0.2, 0.25) is 0 Å². The first kappa shape index (κ1) is 11.0. The molecular formula is C13H18NO2+. The molecule has 3 nitrogen and oxygen atoms in total. The first-order valence-corrected chi connectivity index (χ1v) is 5.62. The largest absolute Gasteiger partial charge is 0.493 e. The SMILES string of the molecule is CC[N+]1=Cc2cc(OC)c(OC)cc2CC1. The molecule has 0 atom stereocenters. The molecule has 0 saturated heterocycles. The molecule has 86 valence electrons. The molecule has 2 rings (SSSR count). The predicted molar refractivity (Wildman–Crippen MR) is 64.1 cm³/mol. The molecule has 0 saturated carbocycles.